The lowest BCUT2D eigenvalue weighted by Gasteiger charge is -2.23. The average Bonchev–Trinajstić information content (AvgIpc) is 3.23. The van der Waals surface area contributed by atoms with Gasteiger partial charge in [-0.2, -0.15) is 0 Å². The lowest BCUT2D eigenvalue weighted by Crippen LogP contribution is -2.33. The van der Waals surface area contributed by atoms with Gasteiger partial charge in [-0.05, 0) is 36.6 Å². The third-order valence-corrected chi connectivity index (χ3v) is 5.25. The lowest BCUT2D eigenvalue weighted by molar-refractivity contribution is 0.0776. The summed E-state index contributed by atoms with van der Waals surface area (Å²) in [4.78, 5) is 25.6. The summed E-state index contributed by atoms with van der Waals surface area (Å²) in [5.74, 6) is 0.529. The second kappa shape index (κ2) is 8.21. The van der Waals surface area contributed by atoms with E-state index in [0.717, 1.165) is 37.3 Å². The van der Waals surface area contributed by atoms with Crippen LogP contribution in [0.25, 0.3) is 11.3 Å². The van der Waals surface area contributed by atoms with E-state index in [9.17, 15) is 4.79 Å². The van der Waals surface area contributed by atoms with Gasteiger partial charge in [-0.3, -0.25) is 14.8 Å². The number of para-hydroxylation sites is 1. The number of nitrogens with zero attached hydrogens (tertiary/aromatic N) is 4. The maximum Gasteiger partial charge on any atom is 0.253 e. The Labute approximate surface area is 165 Å². The molecule has 0 N–H and O–H groups in total. The highest BCUT2D eigenvalue weighted by Gasteiger charge is 2.25. The molecule has 1 aliphatic heterocycles. The Bertz CT molecular complexity index is 930. The van der Waals surface area contributed by atoms with Gasteiger partial charge in [-0.1, -0.05) is 30.3 Å². The third-order valence-electron chi connectivity index (χ3n) is 5.25. The van der Waals surface area contributed by atoms with Gasteiger partial charge in [0.2, 0.25) is 0 Å². The maximum absolute atomic E-state index is 12.9. The first-order chi connectivity index (χ1) is 13.7. The SMILES string of the molecule is CN(C[C@@H]1CCN(c2ccccc2)C1)C(=O)c1cccc(-c2cnccn2)c1. The minimum atomic E-state index is 0.0453. The van der Waals surface area contributed by atoms with Gasteiger partial charge < -0.3 is 9.80 Å². The van der Waals surface area contributed by atoms with E-state index in [1.54, 1.807) is 18.6 Å². The van der Waals surface area contributed by atoms with Crippen LogP contribution in [0.3, 0.4) is 0 Å². The molecule has 3 aromatic rings. The summed E-state index contributed by atoms with van der Waals surface area (Å²) in [5.41, 5.74) is 3.62. The highest BCUT2D eigenvalue weighted by molar-refractivity contribution is 5.95. The topological polar surface area (TPSA) is 49.3 Å². The molecule has 1 aromatic heterocycles. The van der Waals surface area contributed by atoms with E-state index in [4.69, 9.17) is 0 Å². The Kier molecular flexibility index (Phi) is 5.33. The highest BCUT2D eigenvalue weighted by Crippen LogP contribution is 2.24. The monoisotopic (exact) mass is 372 g/mol. The van der Waals surface area contributed by atoms with Crippen molar-refractivity contribution in [2.24, 2.45) is 5.92 Å². The van der Waals surface area contributed by atoms with Gasteiger partial charge in [0.1, 0.15) is 0 Å². The molecule has 0 bridgehead atoms. The molecule has 28 heavy (non-hydrogen) atoms. The molecule has 5 heteroatoms. The van der Waals surface area contributed by atoms with E-state index in [-0.39, 0.29) is 5.91 Å². The van der Waals surface area contributed by atoms with E-state index in [1.807, 2.05) is 42.3 Å². The van der Waals surface area contributed by atoms with Gasteiger partial charge in [-0.15, -0.1) is 0 Å². The van der Waals surface area contributed by atoms with Crippen LogP contribution in [0.5, 0.6) is 0 Å². The van der Waals surface area contributed by atoms with E-state index in [2.05, 4.69) is 39.1 Å². The van der Waals surface area contributed by atoms with Crippen LogP contribution in [0.2, 0.25) is 0 Å². The molecule has 0 saturated carbocycles. The molecule has 2 heterocycles. The standard InChI is InChI=1S/C23H24N4O/c1-26(16-18-10-13-27(17-18)21-8-3-2-4-9-21)23(28)20-7-5-6-19(14-20)22-15-24-11-12-25-22/h2-9,11-12,14-15,18H,10,13,16-17H2,1H3/t18-/m0/s1. The molecule has 0 aliphatic carbocycles. The molecule has 0 unspecified atom stereocenters. The normalized spacial score (nSPS) is 16.2. The van der Waals surface area contributed by atoms with Crippen molar-refractivity contribution in [2.45, 2.75) is 6.42 Å². The van der Waals surface area contributed by atoms with E-state index >= 15 is 0 Å². The van der Waals surface area contributed by atoms with Gasteiger partial charge in [-0.25, -0.2) is 0 Å². The smallest absolute Gasteiger partial charge is 0.253 e. The Morgan fingerprint density at radius 1 is 1.14 bits per heavy atom. The predicted molar refractivity (Wildman–Crippen MR) is 111 cm³/mol. The molecule has 1 fully saturated rings. The summed E-state index contributed by atoms with van der Waals surface area (Å²) in [6, 6.07) is 18.1. The van der Waals surface area contributed by atoms with Crippen LogP contribution < -0.4 is 4.90 Å². The fourth-order valence-corrected chi connectivity index (χ4v) is 3.81. The van der Waals surface area contributed by atoms with Crippen molar-refractivity contribution in [3.63, 3.8) is 0 Å². The molecule has 0 radical (unpaired) electrons. The molecular formula is C23H24N4O. The summed E-state index contributed by atoms with van der Waals surface area (Å²) in [6.07, 6.45) is 6.12. The molecule has 5 nitrogen and oxygen atoms in total. The minimum absolute atomic E-state index is 0.0453. The fourth-order valence-electron chi connectivity index (χ4n) is 3.81. The number of benzene rings is 2. The van der Waals surface area contributed by atoms with Crippen LogP contribution in [-0.2, 0) is 0 Å². The molecule has 0 spiro atoms. The maximum atomic E-state index is 12.9. The summed E-state index contributed by atoms with van der Waals surface area (Å²) in [7, 11) is 1.89. The molecule has 1 atom stereocenters. The Balaban J connectivity index is 1.40. The fraction of sp³-hybridized carbons (Fsp3) is 0.261. The van der Waals surface area contributed by atoms with Crippen LogP contribution in [0.4, 0.5) is 5.69 Å². The van der Waals surface area contributed by atoms with Crippen LogP contribution in [0.1, 0.15) is 16.8 Å². The summed E-state index contributed by atoms with van der Waals surface area (Å²) < 4.78 is 0. The zero-order valence-electron chi connectivity index (χ0n) is 16.0. The van der Waals surface area contributed by atoms with Crippen LogP contribution in [0, 0.1) is 5.92 Å². The first-order valence-electron chi connectivity index (χ1n) is 9.62. The molecule has 4 rings (SSSR count). The number of rotatable bonds is 5. The summed E-state index contributed by atoms with van der Waals surface area (Å²) >= 11 is 0. The molecule has 1 saturated heterocycles. The van der Waals surface area contributed by atoms with Gasteiger partial charge in [0.05, 0.1) is 11.9 Å². The molecule has 2 aromatic carbocycles. The number of anilines is 1. The number of carbonyl (C=O) groups excluding carboxylic acids is 1. The predicted octanol–water partition coefficient (Wildman–Crippen LogP) is 3.74. The Morgan fingerprint density at radius 2 is 2.00 bits per heavy atom. The second-order valence-electron chi connectivity index (χ2n) is 7.29. The van der Waals surface area contributed by atoms with Crippen molar-refractivity contribution >= 4 is 11.6 Å². The summed E-state index contributed by atoms with van der Waals surface area (Å²) in [5, 5.41) is 0. The number of aromatic nitrogens is 2. The second-order valence-corrected chi connectivity index (χ2v) is 7.29. The van der Waals surface area contributed by atoms with Crippen molar-refractivity contribution < 1.29 is 4.79 Å². The van der Waals surface area contributed by atoms with Crippen molar-refractivity contribution in [3.05, 3.63) is 78.8 Å². The largest absolute Gasteiger partial charge is 0.371 e. The minimum Gasteiger partial charge on any atom is -0.371 e. The number of carbonyl (C=O) groups is 1. The Morgan fingerprint density at radius 3 is 2.79 bits per heavy atom. The molecule has 1 aliphatic rings. The molecule has 1 amide bonds. The van der Waals surface area contributed by atoms with Crippen LogP contribution in [-0.4, -0.2) is 47.5 Å². The zero-order chi connectivity index (χ0) is 19.3. The first-order valence-corrected chi connectivity index (χ1v) is 9.62. The zero-order valence-corrected chi connectivity index (χ0v) is 16.0. The quantitative estimate of drug-likeness (QED) is 0.685. The van der Waals surface area contributed by atoms with E-state index in [1.165, 1.54) is 5.69 Å². The number of hydrogen-bond acceptors (Lipinski definition) is 4. The lowest BCUT2D eigenvalue weighted by atomic mass is 10.1. The van der Waals surface area contributed by atoms with Crippen molar-refractivity contribution in [1.29, 1.82) is 0 Å². The van der Waals surface area contributed by atoms with Gasteiger partial charge in [0.25, 0.3) is 5.91 Å². The first kappa shape index (κ1) is 18.2. The molecule has 142 valence electrons. The number of amides is 1. The average molecular weight is 372 g/mol. The van der Waals surface area contributed by atoms with Crippen molar-refractivity contribution in [3.8, 4) is 11.3 Å². The molecular weight excluding hydrogens is 348 g/mol. The number of hydrogen-bond donors (Lipinski definition) is 0. The van der Waals surface area contributed by atoms with Crippen LogP contribution >= 0.6 is 0 Å². The highest BCUT2D eigenvalue weighted by atomic mass is 16.2. The summed E-state index contributed by atoms with van der Waals surface area (Å²) in [6.45, 7) is 2.79. The van der Waals surface area contributed by atoms with Crippen molar-refractivity contribution in [1.82, 2.24) is 14.9 Å². The van der Waals surface area contributed by atoms with Gasteiger partial charge in [0.15, 0.2) is 0 Å². The van der Waals surface area contributed by atoms with Crippen molar-refractivity contribution in [2.75, 3.05) is 31.6 Å². The van der Waals surface area contributed by atoms with Crippen LogP contribution in [0.15, 0.2) is 73.2 Å². The van der Waals surface area contributed by atoms with Gasteiger partial charge in [0, 0.05) is 55.9 Å². The van der Waals surface area contributed by atoms with E-state index < -0.39 is 0 Å². The Hall–Kier alpha value is -3.21. The van der Waals surface area contributed by atoms with Gasteiger partial charge >= 0.3 is 0 Å². The third kappa shape index (κ3) is 4.03. The van der Waals surface area contributed by atoms with E-state index in [0.29, 0.717) is 11.5 Å².